The van der Waals surface area contributed by atoms with E-state index in [9.17, 15) is 4.79 Å². The summed E-state index contributed by atoms with van der Waals surface area (Å²) in [6.07, 6.45) is 4.53. The molecule has 1 N–H and O–H groups in total. The zero-order chi connectivity index (χ0) is 17.7. The summed E-state index contributed by atoms with van der Waals surface area (Å²) in [6.45, 7) is 14.1. The molecule has 5 heteroatoms. The lowest BCUT2D eigenvalue weighted by molar-refractivity contribution is -0.125. The van der Waals surface area contributed by atoms with Crippen molar-refractivity contribution in [2.24, 2.45) is 5.92 Å². The first-order chi connectivity index (χ1) is 11.3. The van der Waals surface area contributed by atoms with Crippen molar-refractivity contribution in [1.82, 2.24) is 10.2 Å². The predicted octanol–water partition coefficient (Wildman–Crippen LogP) is 2.59. The van der Waals surface area contributed by atoms with E-state index in [0.717, 1.165) is 39.0 Å². The highest BCUT2D eigenvalue weighted by Crippen LogP contribution is 2.25. The van der Waals surface area contributed by atoms with Crippen molar-refractivity contribution < 1.29 is 14.3 Å². The number of rotatable bonds is 6. The van der Waals surface area contributed by atoms with Gasteiger partial charge in [-0.15, -0.1) is 0 Å². The van der Waals surface area contributed by atoms with Crippen LogP contribution in [0.3, 0.4) is 0 Å². The Morgan fingerprint density at radius 3 is 2.54 bits per heavy atom. The van der Waals surface area contributed by atoms with Crippen molar-refractivity contribution in [2.45, 2.75) is 84.2 Å². The van der Waals surface area contributed by atoms with Crippen molar-refractivity contribution in [3.05, 3.63) is 0 Å². The summed E-state index contributed by atoms with van der Waals surface area (Å²) in [7, 11) is 0. The van der Waals surface area contributed by atoms with Crippen LogP contribution in [0.2, 0.25) is 0 Å². The summed E-state index contributed by atoms with van der Waals surface area (Å²) in [5.74, 6) is 0.648. The Balaban J connectivity index is 1.77. The fourth-order valence-corrected chi connectivity index (χ4v) is 3.86. The van der Waals surface area contributed by atoms with Crippen molar-refractivity contribution in [3.8, 4) is 0 Å². The summed E-state index contributed by atoms with van der Waals surface area (Å²) in [6, 6.07) is 0. The van der Waals surface area contributed by atoms with Crippen LogP contribution in [-0.2, 0) is 14.3 Å². The molecule has 4 atom stereocenters. The molecule has 24 heavy (non-hydrogen) atoms. The van der Waals surface area contributed by atoms with Gasteiger partial charge in [-0.25, -0.2) is 0 Å². The number of carbonyl (C=O) groups excluding carboxylic acids is 1. The Labute approximate surface area is 147 Å². The van der Waals surface area contributed by atoms with E-state index >= 15 is 0 Å². The summed E-state index contributed by atoms with van der Waals surface area (Å²) in [4.78, 5) is 14.8. The van der Waals surface area contributed by atoms with Crippen LogP contribution in [0.4, 0.5) is 0 Å². The standard InChI is InChI=1S/C19H36N2O3/c1-6-17-9-16(7-8-23-17)10-18(22)20-13-19(4,5)21-11-14(2)24-15(3)12-21/h14-17H,6-13H2,1-5H3,(H,20,22)/t14-,15+,16-,17+/m0/s1. The molecule has 2 aliphatic heterocycles. The lowest BCUT2D eigenvalue weighted by atomic mass is 9.91. The molecule has 5 nitrogen and oxygen atoms in total. The van der Waals surface area contributed by atoms with Crippen LogP contribution in [-0.4, -0.2) is 60.9 Å². The van der Waals surface area contributed by atoms with Gasteiger partial charge in [-0.05, 0) is 52.9 Å². The molecule has 0 spiro atoms. The minimum atomic E-state index is -0.0520. The molecule has 0 radical (unpaired) electrons. The minimum absolute atomic E-state index is 0.0520. The topological polar surface area (TPSA) is 50.8 Å². The first kappa shape index (κ1) is 19.7. The highest BCUT2D eigenvalue weighted by Gasteiger charge is 2.33. The van der Waals surface area contributed by atoms with Crippen LogP contribution in [0.25, 0.3) is 0 Å². The van der Waals surface area contributed by atoms with E-state index < -0.39 is 0 Å². The van der Waals surface area contributed by atoms with Crippen LogP contribution < -0.4 is 5.32 Å². The Kier molecular flexibility index (Phi) is 7.08. The van der Waals surface area contributed by atoms with Crippen LogP contribution >= 0.6 is 0 Å². The Morgan fingerprint density at radius 1 is 1.25 bits per heavy atom. The van der Waals surface area contributed by atoms with Crippen LogP contribution in [0.15, 0.2) is 0 Å². The zero-order valence-electron chi connectivity index (χ0n) is 16.1. The minimum Gasteiger partial charge on any atom is -0.378 e. The van der Waals surface area contributed by atoms with Gasteiger partial charge in [-0.3, -0.25) is 9.69 Å². The second-order valence-corrected chi connectivity index (χ2v) is 8.25. The normalized spacial score (nSPS) is 32.5. The molecule has 1 amide bonds. The van der Waals surface area contributed by atoms with E-state index in [1.807, 2.05) is 0 Å². The molecule has 2 saturated heterocycles. The van der Waals surface area contributed by atoms with Gasteiger partial charge in [0.05, 0.1) is 18.3 Å². The average molecular weight is 341 g/mol. The fraction of sp³-hybridized carbons (Fsp3) is 0.947. The number of hydrogen-bond donors (Lipinski definition) is 1. The van der Waals surface area contributed by atoms with E-state index in [1.54, 1.807) is 0 Å². The van der Waals surface area contributed by atoms with Crippen LogP contribution in [0.5, 0.6) is 0 Å². The van der Waals surface area contributed by atoms with Gasteiger partial charge >= 0.3 is 0 Å². The fourth-order valence-electron chi connectivity index (χ4n) is 3.86. The van der Waals surface area contributed by atoms with Gasteiger partial charge in [-0.1, -0.05) is 6.92 Å². The van der Waals surface area contributed by atoms with Crippen LogP contribution in [0, 0.1) is 5.92 Å². The molecule has 2 rings (SSSR count). The van der Waals surface area contributed by atoms with Gasteiger partial charge in [0.15, 0.2) is 0 Å². The Bertz CT molecular complexity index is 403. The average Bonchev–Trinajstić information content (AvgIpc) is 2.52. The van der Waals surface area contributed by atoms with Gasteiger partial charge in [0.1, 0.15) is 0 Å². The maximum absolute atomic E-state index is 12.4. The monoisotopic (exact) mass is 340 g/mol. The molecule has 0 aromatic rings. The summed E-state index contributed by atoms with van der Waals surface area (Å²) >= 11 is 0. The van der Waals surface area contributed by atoms with Crippen LogP contribution in [0.1, 0.15) is 60.3 Å². The third kappa shape index (κ3) is 5.71. The SMILES string of the molecule is CC[C@@H]1C[C@@H](CC(=O)NCC(C)(C)N2C[C@@H](C)O[C@@H](C)C2)CCO1. The molecular formula is C19H36N2O3. The highest BCUT2D eigenvalue weighted by atomic mass is 16.5. The molecule has 2 heterocycles. The number of nitrogens with one attached hydrogen (secondary N) is 1. The van der Waals surface area contributed by atoms with Crippen molar-refractivity contribution in [2.75, 3.05) is 26.2 Å². The van der Waals surface area contributed by atoms with Gasteiger partial charge < -0.3 is 14.8 Å². The number of hydrogen-bond acceptors (Lipinski definition) is 4. The third-order valence-electron chi connectivity index (χ3n) is 5.40. The zero-order valence-corrected chi connectivity index (χ0v) is 16.1. The lowest BCUT2D eigenvalue weighted by Gasteiger charge is -2.45. The van der Waals surface area contributed by atoms with Gasteiger partial charge in [0.25, 0.3) is 0 Å². The molecule has 0 saturated carbocycles. The summed E-state index contributed by atoms with van der Waals surface area (Å²) in [5.41, 5.74) is -0.0520. The molecule has 0 aromatic heterocycles. The van der Waals surface area contributed by atoms with E-state index in [4.69, 9.17) is 9.47 Å². The first-order valence-electron chi connectivity index (χ1n) is 9.59. The largest absolute Gasteiger partial charge is 0.378 e. The van der Waals surface area contributed by atoms with Gasteiger partial charge in [0.2, 0.25) is 5.91 Å². The highest BCUT2D eigenvalue weighted by molar-refractivity contribution is 5.76. The second-order valence-electron chi connectivity index (χ2n) is 8.25. The van der Waals surface area contributed by atoms with Crippen molar-refractivity contribution in [3.63, 3.8) is 0 Å². The number of carbonyl (C=O) groups is 1. The number of nitrogens with zero attached hydrogens (tertiary/aromatic N) is 1. The number of ether oxygens (including phenoxy) is 2. The van der Waals surface area contributed by atoms with E-state index in [1.165, 1.54) is 0 Å². The Hall–Kier alpha value is -0.650. The molecule has 0 aromatic carbocycles. The first-order valence-corrected chi connectivity index (χ1v) is 9.59. The molecule has 2 fully saturated rings. The number of amides is 1. The summed E-state index contributed by atoms with van der Waals surface area (Å²) < 4.78 is 11.5. The van der Waals surface area contributed by atoms with E-state index in [-0.39, 0.29) is 23.7 Å². The maximum Gasteiger partial charge on any atom is 0.220 e. The molecule has 0 unspecified atom stereocenters. The molecule has 0 bridgehead atoms. The molecule has 0 aliphatic carbocycles. The van der Waals surface area contributed by atoms with E-state index in [2.05, 4.69) is 44.8 Å². The quantitative estimate of drug-likeness (QED) is 0.807. The predicted molar refractivity (Wildman–Crippen MR) is 96.0 cm³/mol. The van der Waals surface area contributed by atoms with Gasteiger partial charge in [-0.2, -0.15) is 0 Å². The second kappa shape index (κ2) is 8.63. The van der Waals surface area contributed by atoms with Gasteiger partial charge in [0, 0.05) is 38.2 Å². The van der Waals surface area contributed by atoms with Crippen molar-refractivity contribution >= 4 is 5.91 Å². The molecule has 2 aliphatic rings. The Morgan fingerprint density at radius 2 is 1.92 bits per heavy atom. The lowest BCUT2D eigenvalue weighted by Crippen LogP contribution is -2.58. The number of morpholine rings is 1. The third-order valence-corrected chi connectivity index (χ3v) is 5.40. The van der Waals surface area contributed by atoms with E-state index in [0.29, 0.717) is 25.0 Å². The van der Waals surface area contributed by atoms with Crippen molar-refractivity contribution in [1.29, 1.82) is 0 Å². The molecule has 140 valence electrons. The smallest absolute Gasteiger partial charge is 0.220 e. The molecular weight excluding hydrogens is 304 g/mol. The maximum atomic E-state index is 12.4. The summed E-state index contributed by atoms with van der Waals surface area (Å²) in [5, 5.41) is 3.17.